The zero-order chi connectivity index (χ0) is 19.2. The van der Waals surface area contributed by atoms with Crippen molar-refractivity contribution in [2.75, 3.05) is 13.7 Å². The van der Waals surface area contributed by atoms with Crippen LogP contribution < -0.4 is 0 Å². The smallest absolute Gasteiger partial charge is 0.102 e. The van der Waals surface area contributed by atoms with Crippen molar-refractivity contribution in [2.24, 2.45) is 22.7 Å². The molecule has 27 heavy (non-hydrogen) atoms. The summed E-state index contributed by atoms with van der Waals surface area (Å²) in [5.41, 5.74) is 4.68. The second kappa shape index (κ2) is 6.88. The molecule has 0 unspecified atom stereocenters. The number of hydrogen-bond acceptors (Lipinski definition) is 2. The van der Waals surface area contributed by atoms with E-state index >= 15 is 0 Å². The van der Waals surface area contributed by atoms with Crippen LogP contribution in [0.25, 0.3) is 0 Å². The highest BCUT2D eigenvalue weighted by Gasteiger charge is 2.53. The van der Waals surface area contributed by atoms with Crippen LogP contribution in [-0.2, 0) is 9.47 Å². The summed E-state index contributed by atoms with van der Waals surface area (Å²) in [5, 5.41) is 0.780. The topological polar surface area (TPSA) is 18.5 Å². The van der Waals surface area contributed by atoms with Gasteiger partial charge in [0.25, 0.3) is 0 Å². The van der Waals surface area contributed by atoms with Gasteiger partial charge < -0.3 is 9.47 Å². The van der Waals surface area contributed by atoms with E-state index in [2.05, 4.69) is 38.2 Å². The summed E-state index contributed by atoms with van der Waals surface area (Å²) in [4.78, 5) is 0. The summed E-state index contributed by atoms with van der Waals surface area (Å²) >= 11 is 6.63. The zero-order valence-corrected chi connectivity index (χ0v) is 17.7. The Morgan fingerprint density at radius 1 is 1.26 bits per heavy atom. The minimum atomic E-state index is 0.114. The summed E-state index contributed by atoms with van der Waals surface area (Å²) in [7, 11) is 1.79. The minimum Gasteiger partial charge on any atom is -0.501 e. The van der Waals surface area contributed by atoms with Crippen molar-refractivity contribution in [3.05, 3.63) is 58.1 Å². The number of halogens is 1. The minimum absolute atomic E-state index is 0.114. The monoisotopic (exact) mass is 386 g/mol. The van der Waals surface area contributed by atoms with Crippen molar-refractivity contribution in [2.45, 2.75) is 52.9 Å². The lowest BCUT2D eigenvalue weighted by Gasteiger charge is -2.52. The molecule has 0 saturated carbocycles. The van der Waals surface area contributed by atoms with Crippen LogP contribution in [0.1, 0.15) is 52.9 Å². The molecule has 4 rings (SSSR count). The molecule has 0 radical (unpaired) electrons. The molecule has 0 N–H and O–H groups in total. The number of ether oxygens (including phenoxy) is 2. The molecule has 0 fully saturated rings. The molecule has 0 bridgehead atoms. The number of allylic oxidation sites excluding steroid dienone is 9. The predicted molar refractivity (Wildman–Crippen MR) is 111 cm³/mol. The molecule has 0 amide bonds. The Kier molecular flexibility index (Phi) is 4.83. The van der Waals surface area contributed by atoms with Crippen molar-refractivity contribution in [3.63, 3.8) is 0 Å². The predicted octanol–water partition coefficient (Wildman–Crippen LogP) is 6.66. The standard InChI is InChI=1S/C24H31ClO2/c1-5-27-15-22(25)21-9-8-19-18-7-6-16-14-17(26-4)10-12-23(16,2)20(18)11-13-24(19,21)3/h6,9,11,14-15,18-19H,5,7-8,10,12-13H2,1-4H3/t18-,19-,23-,24-/m0/s1. The highest BCUT2D eigenvalue weighted by molar-refractivity contribution is 6.32. The van der Waals surface area contributed by atoms with Crippen molar-refractivity contribution in [1.82, 2.24) is 0 Å². The van der Waals surface area contributed by atoms with E-state index in [1.165, 1.54) is 11.1 Å². The fraction of sp³-hybridized carbons (Fsp3) is 0.583. The molecule has 0 aromatic rings. The van der Waals surface area contributed by atoms with Crippen LogP contribution >= 0.6 is 11.6 Å². The van der Waals surface area contributed by atoms with Crippen LogP contribution in [0.2, 0.25) is 0 Å². The third-order valence-corrected chi connectivity index (χ3v) is 7.86. The summed E-state index contributed by atoms with van der Waals surface area (Å²) < 4.78 is 11.0. The molecule has 0 aliphatic heterocycles. The number of fused-ring (bicyclic) bond motifs is 5. The molecule has 2 nitrogen and oxygen atoms in total. The van der Waals surface area contributed by atoms with Crippen LogP contribution in [0.5, 0.6) is 0 Å². The Morgan fingerprint density at radius 2 is 2.07 bits per heavy atom. The lowest BCUT2D eigenvalue weighted by atomic mass is 9.52. The Bertz CT molecular complexity index is 784. The summed E-state index contributed by atoms with van der Waals surface area (Å²) in [6, 6.07) is 0. The first-order valence-electron chi connectivity index (χ1n) is 10.3. The fourth-order valence-corrected chi connectivity index (χ4v) is 6.30. The SMILES string of the molecule is CCOC=C(Cl)C1=CC[C@H]2[C@@H]3CC=C4C=C(OC)CC[C@]4(C)C3=CC[C@]12C. The van der Waals surface area contributed by atoms with Crippen molar-refractivity contribution in [3.8, 4) is 0 Å². The molecule has 0 saturated heterocycles. The van der Waals surface area contributed by atoms with Crippen LogP contribution in [-0.4, -0.2) is 13.7 Å². The van der Waals surface area contributed by atoms with Gasteiger partial charge in [0.15, 0.2) is 0 Å². The maximum absolute atomic E-state index is 6.63. The van der Waals surface area contributed by atoms with E-state index in [1.807, 2.05) is 6.92 Å². The maximum Gasteiger partial charge on any atom is 0.102 e. The van der Waals surface area contributed by atoms with Gasteiger partial charge in [0.2, 0.25) is 0 Å². The zero-order valence-electron chi connectivity index (χ0n) is 17.0. The highest BCUT2D eigenvalue weighted by atomic mass is 35.5. The second-order valence-electron chi connectivity index (χ2n) is 8.81. The number of rotatable bonds is 4. The Hall–Kier alpha value is -1.41. The van der Waals surface area contributed by atoms with Gasteiger partial charge in [-0.2, -0.15) is 0 Å². The molecule has 3 heteroatoms. The van der Waals surface area contributed by atoms with Gasteiger partial charge in [-0.05, 0) is 61.7 Å². The normalized spacial score (nSPS) is 37.9. The van der Waals surface area contributed by atoms with Gasteiger partial charge >= 0.3 is 0 Å². The molecule has 4 aliphatic rings. The van der Waals surface area contributed by atoms with E-state index in [9.17, 15) is 0 Å². The molecule has 0 aromatic heterocycles. The van der Waals surface area contributed by atoms with Gasteiger partial charge in [-0.3, -0.25) is 0 Å². The molecule has 4 atom stereocenters. The van der Waals surface area contributed by atoms with Crippen LogP contribution in [0.3, 0.4) is 0 Å². The van der Waals surface area contributed by atoms with E-state index in [0.717, 1.165) is 42.9 Å². The first-order chi connectivity index (χ1) is 12.9. The molecule has 146 valence electrons. The summed E-state index contributed by atoms with van der Waals surface area (Å²) in [5.74, 6) is 2.36. The van der Waals surface area contributed by atoms with Crippen LogP contribution in [0.4, 0.5) is 0 Å². The molecular formula is C24H31ClO2. The van der Waals surface area contributed by atoms with Gasteiger partial charge in [0, 0.05) is 17.3 Å². The lowest BCUT2D eigenvalue weighted by molar-refractivity contribution is 0.153. The largest absolute Gasteiger partial charge is 0.501 e. The van der Waals surface area contributed by atoms with E-state index in [-0.39, 0.29) is 10.8 Å². The first kappa shape index (κ1) is 18.9. The van der Waals surface area contributed by atoms with Gasteiger partial charge in [0.05, 0.1) is 24.5 Å². The average Bonchev–Trinajstić information content (AvgIpc) is 3.02. The average molecular weight is 387 g/mol. The molecule has 4 aliphatic carbocycles. The summed E-state index contributed by atoms with van der Waals surface area (Å²) in [6.45, 7) is 7.48. The Balaban J connectivity index is 1.66. The van der Waals surface area contributed by atoms with E-state index in [4.69, 9.17) is 21.1 Å². The molecule has 0 aromatic carbocycles. The first-order valence-corrected chi connectivity index (χ1v) is 10.7. The van der Waals surface area contributed by atoms with E-state index < -0.39 is 0 Å². The van der Waals surface area contributed by atoms with Crippen molar-refractivity contribution < 1.29 is 9.47 Å². The fourth-order valence-electron chi connectivity index (χ4n) is 5.95. The van der Waals surface area contributed by atoms with Gasteiger partial charge in [0.1, 0.15) is 6.26 Å². The quantitative estimate of drug-likeness (QED) is 0.397. The second-order valence-corrected chi connectivity index (χ2v) is 9.22. The van der Waals surface area contributed by atoms with E-state index in [0.29, 0.717) is 18.4 Å². The Labute approximate surface area is 168 Å². The summed E-state index contributed by atoms with van der Waals surface area (Å²) in [6.07, 6.45) is 16.9. The maximum atomic E-state index is 6.63. The van der Waals surface area contributed by atoms with Gasteiger partial charge in [-0.1, -0.05) is 49.2 Å². The number of methoxy groups -OCH3 is 1. The van der Waals surface area contributed by atoms with Gasteiger partial charge in [-0.25, -0.2) is 0 Å². The van der Waals surface area contributed by atoms with Crippen LogP contribution in [0.15, 0.2) is 58.1 Å². The van der Waals surface area contributed by atoms with Crippen LogP contribution in [0, 0.1) is 22.7 Å². The molecular weight excluding hydrogens is 356 g/mol. The number of hydrogen-bond donors (Lipinski definition) is 0. The lowest BCUT2D eigenvalue weighted by Crippen LogP contribution is -2.42. The van der Waals surface area contributed by atoms with Crippen molar-refractivity contribution >= 4 is 11.6 Å². The highest BCUT2D eigenvalue weighted by Crippen LogP contribution is 2.63. The van der Waals surface area contributed by atoms with Gasteiger partial charge in [-0.15, -0.1) is 0 Å². The molecule has 0 heterocycles. The Morgan fingerprint density at radius 3 is 2.81 bits per heavy atom. The molecule has 0 spiro atoms. The van der Waals surface area contributed by atoms with E-state index in [1.54, 1.807) is 18.9 Å². The third kappa shape index (κ3) is 2.83. The third-order valence-electron chi connectivity index (χ3n) is 7.57. The van der Waals surface area contributed by atoms with Crippen molar-refractivity contribution in [1.29, 1.82) is 0 Å².